The van der Waals surface area contributed by atoms with Crippen LogP contribution in [-0.4, -0.2) is 23.1 Å². The van der Waals surface area contributed by atoms with Gasteiger partial charge in [0.2, 0.25) is 0 Å². The molecule has 1 aliphatic rings. The maximum atomic E-state index is 12.8. The van der Waals surface area contributed by atoms with Crippen molar-refractivity contribution in [3.05, 3.63) is 0 Å². The van der Waals surface area contributed by atoms with Crippen LogP contribution in [0.1, 0.15) is 137 Å². The lowest BCUT2D eigenvalue weighted by Crippen LogP contribution is -2.37. The van der Waals surface area contributed by atoms with Crippen molar-refractivity contribution in [2.75, 3.05) is 0 Å². The summed E-state index contributed by atoms with van der Waals surface area (Å²) in [6, 6.07) is 0. The highest BCUT2D eigenvalue weighted by Crippen LogP contribution is 2.32. The molecule has 0 spiro atoms. The van der Waals surface area contributed by atoms with Gasteiger partial charge in [-0.25, -0.2) is 0 Å². The number of hydrogen-bond acceptors (Lipinski definition) is 3. The minimum atomic E-state index is -0.845. The topological polar surface area (TPSA) is 63.6 Å². The minimum Gasteiger partial charge on any atom is -0.481 e. The molecule has 4 heteroatoms. The third-order valence-electron chi connectivity index (χ3n) is 7.45. The van der Waals surface area contributed by atoms with E-state index in [1.165, 1.54) is 64.2 Å². The number of aliphatic carboxylic acids is 1. The second-order valence-electron chi connectivity index (χ2n) is 10.7. The summed E-state index contributed by atoms with van der Waals surface area (Å²) in [5.41, 5.74) is 0. The normalized spacial score (nSPS) is 20.8. The smallest absolute Gasteiger partial charge is 0.310 e. The zero-order valence-corrected chi connectivity index (χ0v) is 21.6. The summed E-state index contributed by atoms with van der Waals surface area (Å²) < 4.78 is 5.93. The summed E-state index contributed by atoms with van der Waals surface area (Å²) in [6.45, 7) is 8.89. The number of ether oxygens (including phenoxy) is 1. The Morgan fingerprint density at radius 1 is 0.781 bits per heavy atom. The molecule has 0 radical (unpaired) electrons. The summed E-state index contributed by atoms with van der Waals surface area (Å²) >= 11 is 0. The number of carbonyl (C=O) groups is 2. The molecule has 1 rings (SSSR count). The van der Waals surface area contributed by atoms with Crippen molar-refractivity contribution in [3.8, 4) is 0 Å². The lowest BCUT2D eigenvalue weighted by molar-refractivity contribution is -0.166. The first-order chi connectivity index (χ1) is 15.4. The number of esters is 1. The summed E-state index contributed by atoms with van der Waals surface area (Å²) in [4.78, 5) is 24.3. The van der Waals surface area contributed by atoms with Gasteiger partial charge in [0.25, 0.3) is 0 Å². The second kappa shape index (κ2) is 17.4. The zero-order valence-electron chi connectivity index (χ0n) is 21.6. The number of rotatable bonds is 18. The van der Waals surface area contributed by atoms with E-state index in [1.54, 1.807) is 0 Å². The minimum absolute atomic E-state index is 0.0743. The Balaban J connectivity index is 2.22. The molecule has 1 fully saturated rings. The molecule has 0 bridgehead atoms. The largest absolute Gasteiger partial charge is 0.481 e. The molecule has 1 aliphatic carbocycles. The van der Waals surface area contributed by atoms with Crippen LogP contribution in [0.3, 0.4) is 0 Å². The van der Waals surface area contributed by atoms with E-state index >= 15 is 0 Å². The van der Waals surface area contributed by atoms with E-state index in [0.29, 0.717) is 18.8 Å². The number of carboxylic acids is 1. The molecule has 4 atom stereocenters. The van der Waals surface area contributed by atoms with Gasteiger partial charge in [-0.1, -0.05) is 111 Å². The monoisotopic (exact) mass is 452 g/mol. The molecule has 1 N–H and O–H groups in total. The first-order valence-electron chi connectivity index (χ1n) is 13.8. The number of carbonyl (C=O) groups excluding carboxylic acids is 1. The van der Waals surface area contributed by atoms with Crippen LogP contribution in [-0.2, 0) is 14.3 Å². The Bertz CT molecular complexity index is 502. The quantitative estimate of drug-likeness (QED) is 0.168. The fourth-order valence-electron chi connectivity index (χ4n) is 4.98. The van der Waals surface area contributed by atoms with Crippen molar-refractivity contribution in [1.29, 1.82) is 0 Å². The predicted octanol–water partition coefficient (Wildman–Crippen LogP) is 8.17. The molecular weight excluding hydrogens is 400 g/mol. The first-order valence-corrected chi connectivity index (χ1v) is 13.8. The Morgan fingerprint density at radius 2 is 1.25 bits per heavy atom. The molecule has 32 heavy (non-hydrogen) atoms. The molecule has 0 amide bonds. The maximum Gasteiger partial charge on any atom is 0.310 e. The fourth-order valence-corrected chi connectivity index (χ4v) is 4.98. The predicted molar refractivity (Wildman–Crippen MR) is 133 cm³/mol. The van der Waals surface area contributed by atoms with Gasteiger partial charge >= 0.3 is 11.9 Å². The molecule has 4 nitrogen and oxygen atoms in total. The molecular formula is C28H52O4. The maximum absolute atomic E-state index is 12.8. The van der Waals surface area contributed by atoms with Gasteiger partial charge in [0.05, 0.1) is 11.8 Å². The molecule has 0 saturated heterocycles. The van der Waals surface area contributed by atoms with Crippen LogP contribution < -0.4 is 0 Å². The SMILES string of the molecule is CCC(C)C(CCCCCCCCCCCCC(C)C)OC(=O)C1CCCCC1C(=O)O. The van der Waals surface area contributed by atoms with Crippen LogP contribution in [0.4, 0.5) is 0 Å². The van der Waals surface area contributed by atoms with Crippen molar-refractivity contribution in [2.24, 2.45) is 23.7 Å². The fraction of sp³-hybridized carbons (Fsp3) is 0.929. The summed E-state index contributed by atoms with van der Waals surface area (Å²) in [5.74, 6) is -0.978. The average Bonchev–Trinajstić information content (AvgIpc) is 2.77. The van der Waals surface area contributed by atoms with Gasteiger partial charge < -0.3 is 9.84 Å². The van der Waals surface area contributed by atoms with Gasteiger partial charge in [-0.05, 0) is 37.5 Å². The van der Waals surface area contributed by atoms with Crippen LogP contribution in [0.5, 0.6) is 0 Å². The first kappa shape index (κ1) is 29.0. The number of carboxylic acid groups (broad SMARTS) is 1. The van der Waals surface area contributed by atoms with E-state index in [1.807, 2.05) is 0 Å². The van der Waals surface area contributed by atoms with Gasteiger partial charge in [-0.3, -0.25) is 9.59 Å². The third kappa shape index (κ3) is 12.3. The van der Waals surface area contributed by atoms with Gasteiger partial charge in [0.1, 0.15) is 6.10 Å². The number of unbranched alkanes of at least 4 members (excludes halogenated alkanes) is 9. The van der Waals surface area contributed by atoms with Crippen LogP contribution in [0.2, 0.25) is 0 Å². The lowest BCUT2D eigenvalue weighted by Gasteiger charge is -2.30. The standard InChI is InChI=1S/C28H52O4/c1-5-23(4)26(32-28(31)25-20-17-16-19-24(25)27(29)30)21-15-13-11-9-7-6-8-10-12-14-18-22(2)3/h22-26H,5-21H2,1-4H3,(H,29,30). The number of hydrogen-bond donors (Lipinski definition) is 1. The molecule has 0 heterocycles. The van der Waals surface area contributed by atoms with E-state index in [2.05, 4.69) is 27.7 Å². The van der Waals surface area contributed by atoms with Gasteiger partial charge in [0, 0.05) is 0 Å². The lowest BCUT2D eigenvalue weighted by atomic mass is 9.79. The van der Waals surface area contributed by atoms with Crippen LogP contribution in [0.15, 0.2) is 0 Å². The van der Waals surface area contributed by atoms with Crippen molar-refractivity contribution in [1.82, 2.24) is 0 Å². The van der Waals surface area contributed by atoms with Crippen LogP contribution >= 0.6 is 0 Å². The van der Waals surface area contributed by atoms with Gasteiger partial charge in [-0.2, -0.15) is 0 Å². The molecule has 0 aromatic rings. The van der Waals surface area contributed by atoms with E-state index in [-0.39, 0.29) is 12.1 Å². The van der Waals surface area contributed by atoms with E-state index in [0.717, 1.165) is 38.0 Å². The molecule has 1 saturated carbocycles. The van der Waals surface area contributed by atoms with E-state index in [9.17, 15) is 14.7 Å². The second-order valence-corrected chi connectivity index (χ2v) is 10.7. The molecule has 0 aliphatic heterocycles. The van der Waals surface area contributed by atoms with E-state index in [4.69, 9.17) is 4.74 Å². The Kier molecular flexibility index (Phi) is 15.8. The molecule has 0 aromatic carbocycles. The van der Waals surface area contributed by atoms with Crippen molar-refractivity contribution in [3.63, 3.8) is 0 Å². The van der Waals surface area contributed by atoms with Gasteiger partial charge in [-0.15, -0.1) is 0 Å². The highest BCUT2D eigenvalue weighted by atomic mass is 16.5. The van der Waals surface area contributed by atoms with Crippen LogP contribution in [0, 0.1) is 23.7 Å². The van der Waals surface area contributed by atoms with E-state index < -0.39 is 17.8 Å². The summed E-state index contributed by atoms with van der Waals surface area (Å²) in [7, 11) is 0. The Hall–Kier alpha value is -1.06. The molecule has 0 aromatic heterocycles. The zero-order chi connectivity index (χ0) is 23.8. The highest BCUT2D eigenvalue weighted by Gasteiger charge is 2.38. The molecule has 188 valence electrons. The van der Waals surface area contributed by atoms with Gasteiger partial charge in [0.15, 0.2) is 0 Å². The average molecular weight is 453 g/mol. The van der Waals surface area contributed by atoms with Crippen molar-refractivity contribution < 1.29 is 19.4 Å². The third-order valence-corrected chi connectivity index (χ3v) is 7.45. The van der Waals surface area contributed by atoms with Crippen LogP contribution in [0.25, 0.3) is 0 Å². The summed E-state index contributed by atoms with van der Waals surface area (Å²) in [6.07, 6.45) is 19.3. The van der Waals surface area contributed by atoms with Crippen molar-refractivity contribution in [2.45, 2.75) is 143 Å². The molecule has 4 unspecified atom stereocenters. The Labute approximate surface area is 198 Å². The highest BCUT2D eigenvalue weighted by molar-refractivity contribution is 5.81. The van der Waals surface area contributed by atoms with Crippen molar-refractivity contribution >= 4 is 11.9 Å². The summed E-state index contributed by atoms with van der Waals surface area (Å²) in [5, 5.41) is 9.47. The Morgan fingerprint density at radius 3 is 1.72 bits per heavy atom.